The number of carboxylic acids is 1. The predicted octanol–water partition coefficient (Wildman–Crippen LogP) is 4.13. The van der Waals surface area contributed by atoms with Crippen LogP contribution >= 0.6 is 11.3 Å². The maximum absolute atomic E-state index is 13.8. The van der Waals surface area contributed by atoms with Crippen LogP contribution in [0, 0.1) is 5.92 Å². The number of hydrogen-bond donors (Lipinski definition) is 5. The second kappa shape index (κ2) is 11.2. The van der Waals surface area contributed by atoms with Crippen molar-refractivity contribution < 1.29 is 32.7 Å². The molecule has 34 heavy (non-hydrogen) atoms. The van der Waals surface area contributed by atoms with Crippen molar-refractivity contribution in [2.75, 3.05) is 11.9 Å². The predicted molar refractivity (Wildman–Crippen MR) is 124 cm³/mol. The van der Waals surface area contributed by atoms with Gasteiger partial charge in [0.1, 0.15) is 11.0 Å². The number of rotatable bonds is 10. The molecule has 3 amide bonds. The summed E-state index contributed by atoms with van der Waals surface area (Å²) in [5.74, 6) is -1.77. The van der Waals surface area contributed by atoms with Gasteiger partial charge in [0.2, 0.25) is 0 Å². The number of amides is 3. The maximum Gasteiger partial charge on any atom is 0.417 e. The number of thiophene rings is 1. The lowest BCUT2D eigenvalue weighted by Crippen LogP contribution is -2.37. The summed E-state index contributed by atoms with van der Waals surface area (Å²) in [4.78, 5) is 34.2. The molecule has 0 aliphatic heterocycles. The van der Waals surface area contributed by atoms with Gasteiger partial charge in [0.05, 0.1) is 11.1 Å². The van der Waals surface area contributed by atoms with Crippen molar-refractivity contribution >= 4 is 40.3 Å². The Labute approximate surface area is 197 Å². The lowest BCUT2D eigenvalue weighted by atomic mass is 10.0. The third kappa shape index (κ3) is 7.32. The summed E-state index contributed by atoms with van der Waals surface area (Å²) in [6, 6.07) is 3.07. The number of anilines is 1. The van der Waals surface area contributed by atoms with E-state index in [9.17, 15) is 32.7 Å². The van der Waals surface area contributed by atoms with Crippen molar-refractivity contribution in [3.05, 3.63) is 47.0 Å². The Kier molecular flexibility index (Phi) is 8.82. The van der Waals surface area contributed by atoms with Gasteiger partial charge in [0.15, 0.2) is 0 Å². The number of alkyl halides is 3. The van der Waals surface area contributed by atoms with Crippen LogP contribution in [-0.2, 0) is 11.0 Å². The third-order valence-electron chi connectivity index (χ3n) is 4.65. The number of halogens is 3. The van der Waals surface area contributed by atoms with E-state index in [4.69, 9.17) is 11.5 Å². The number of nitrogens with one attached hydrogen (secondary N) is 2. The van der Waals surface area contributed by atoms with Crippen LogP contribution < -0.4 is 22.1 Å². The smallest absolute Gasteiger partial charge is 0.417 e. The van der Waals surface area contributed by atoms with E-state index in [0.29, 0.717) is 6.42 Å². The van der Waals surface area contributed by atoms with Gasteiger partial charge < -0.3 is 21.9 Å². The Hall–Kier alpha value is -3.38. The van der Waals surface area contributed by atoms with Gasteiger partial charge in [-0.2, -0.15) is 13.2 Å². The number of primary amides is 2. The first-order valence-corrected chi connectivity index (χ1v) is 11.0. The summed E-state index contributed by atoms with van der Waals surface area (Å²) in [6.45, 7) is 3.93. The topological polar surface area (TPSA) is 148 Å². The number of carbonyl (C=O) groups is 3. The summed E-state index contributed by atoms with van der Waals surface area (Å²) in [5.41, 5.74) is 9.26. The number of nitrogens with two attached hydrogens (primary N) is 2. The number of urea groups is 1. The van der Waals surface area contributed by atoms with Gasteiger partial charge in [0.25, 0.3) is 5.91 Å². The zero-order chi connectivity index (χ0) is 25.6. The molecule has 7 N–H and O–H groups in total. The highest BCUT2D eigenvalue weighted by Crippen LogP contribution is 2.42. The molecule has 2 rings (SSSR count). The monoisotopic (exact) mass is 498 g/mol. The van der Waals surface area contributed by atoms with Crippen molar-refractivity contribution in [2.45, 2.75) is 32.5 Å². The molecule has 184 valence electrons. The fourth-order valence-electron chi connectivity index (χ4n) is 3.17. The largest absolute Gasteiger partial charge is 0.480 e. The zero-order valence-corrected chi connectivity index (χ0v) is 19.2. The van der Waals surface area contributed by atoms with Crippen molar-refractivity contribution in [1.82, 2.24) is 5.32 Å². The maximum atomic E-state index is 13.8. The molecule has 0 saturated heterocycles. The van der Waals surface area contributed by atoms with Crippen LogP contribution in [0.2, 0.25) is 0 Å². The van der Waals surface area contributed by atoms with Gasteiger partial charge in [-0.25, -0.2) is 4.79 Å². The van der Waals surface area contributed by atoms with Gasteiger partial charge in [-0.05, 0) is 30.0 Å². The van der Waals surface area contributed by atoms with Crippen molar-refractivity contribution in [3.8, 4) is 10.4 Å². The van der Waals surface area contributed by atoms with Crippen LogP contribution in [0.25, 0.3) is 16.5 Å². The molecule has 8 nitrogen and oxygen atoms in total. The van der Waals surface area contributed by atoms with Crippen molar-refractivity contribution in [3.63, 3.8) is 0 Å². The number of hydrogen-bond acceptors (Lipinski definition) is 5. The fraction of sp³-hybridized carbons (Fsp3) is 0.318. The number of benzene rings is 1. The molecule has 1 aromatic carbocycles. The molecule has 12 heteroatoms. The molecule has 0 saturated carbocycles. The van der Waals surface area contributed by atoms with E-state index < -0.39 is 35.7 Å². The van der Waals surface area contributed by atoms with E-state index in [0.717, 1.165) is 17.4 Å². The summed E-state index contributed by atoms with van der Waals surface area (Å²) in [5, 5.41) is 14.2. The standard InChI is InChI=1S/C22H25F3N4O4S/c1-11(2)8-16(20(31)32)28-7-3-4-12-5-6-13(15(9-12)22(23,24)25)17-10-14(18(26)30)19(34-17)29-21(27)33/h3-6,9-11,16,28H,7-8H2,1-2H3,(H2,26,30)(H,31,32)(H3,27,29,33)/b4-3+/t16-/m0/s1. The van der Waals surface area contributed by atoms with Crippen molar-refractivity contribution in [1.29, 1.82) is 0 Å². The summed E-state index contributed by atoms with van der Waals surface area (Å²) >= 11 is 0.741. The first-order valence-electron chi connectivity index (χ1n) is 10.1. The number of carbonyl (C=O) groups excluding carboxylic acids is 2. The second-order valence-corrected chi connectivity index (χ2v) is 8.89. The quantitative estimate of drug-likeness (QED) is 0.334. The molecule has 0 unspecified atom stereocenters. The molecule has 1 heterocycles. The van der Waals surface area contributed by atoms with E-state index in [1.165, 1.54) is 30.4 Å². The summed E-state index contributed by atoms with van der Waals surface area (Å²) in [7, 11) is 0. The zero-order valence-electron chi connectivity index (χ0n) is 18.4. The lowest BCUT2D eigenvalue weighted by Gasteiger charge is -2.15. The van der Waals surface area contributed by atoms with E-state index in [2.05, 4.69) is 10.6 Å². The first-order chi connectivity index (χ1) is 15.8. The van der Waals surface area contributed by atoms with Crippen LogP contribution in [0.4, 0.5) is 23.0 Å². The van der Waals surface area contributed by atoms with E-state index in [1.807, 2.05) is 13.8 Å². The first kappa shape index (κ1) is 26.9. The average Bonchev–Trinajstić information content (AvgIpc) is 3.12. The third-order valence-corrected chi connectivity index (χ3v) is 5.73. The number of carboxylic acid groups (broad SMARTS) is 1. The van der Waals surface area contributed by atoms with Crippen molar-refractivity contribution in [2.24, 2.45) is 17.4 Å². The normalized spacial score (nSPS) is 12.8. The fourth-order valence-corrected chi connectivity index (χ4v) is 4.28. The molecule has 1 atom stereocenters. The van der Waals surface area contributed by atoms with Crippen LogP contribution in [0.3, 0.4) is 0 Å². The SMILES string of the molecule is CC(C)C[C@H](NC/C=C/c1ccc(-c2cc(C(N)=O)c(NC(N)=O)s2)c(C(F)(F)F)c1)C(=O)O. The minimum Gasteiger partial charge on any atom is -0.480 e. The molecule has 0 aliphatic carbocycles. The molecule has 0 aliphatic rings. The highest BCUT2D eigenvalue weighted by molar-refractivity contribution is 7.20. The molecule has 2 aromatic rings. The van der Waals surface area contributed by atoms with Gasteiger partial charge in [-0.3, -0.25) is 14.9 Å². The Morgan fingerprint density at radius 2 is 1.85 bits per heavy atom. The molecular weight excluding hydrogens is 473 g/mol. The number of aliphatic carboxylic acids is 1. The van der Waals surface area contributed by atoms with Gasteiger partial charge in [-0.1, -0.05) is 38.1 Å². The lowest BCUT2D eigenvalue weighted by molar-refractivity contribution is -0.140. The molecule has 0 fully saturated rings. The molecular formula is C22H25F3N4O4S. The highest BCUT2D eigenvalue weighted by Gasteiger charge is 2.34. The molecule has 0 bridgehead atoms. The van der Waals surface area contributed by atoms with Crippen LogP contribution in [0.1, 0.15) is 41.8 Å². The Bertz CT molecular complexity index is 1100. The molecule has 1 aromatic heterocycles. The molecule has 0 spiro atoms. The summed E-state index contributed by atoms with van der Waals surface area (Å²) < 4.78 is 41.4. The Balaban J connectivity index is 2.33. The summed E-state index contributed by atoms with van der Waals surface area (Å²) in [6.07, 6.45) is -1.31. The minimum atomic E-state index is -4.71. The Morgan fingerprint density at radius 3 is 2.38 bits per heavy atom. The highest BCUT2D eigenvalue weighted by atomic mass is 32.1. The van der Waals surface area contributed by atoms with E-state index in [-0.39, 0.29) is 39.0 Å². The van der Waals surface area contributed by atoms with Crippen LogP contribution in [0.15, 0.2) is 30.3 Å². The van der Waals surface area contributed by atoms with Gasteiger partial charge >= 0.3 is 18.2 Å². The Morgan fingerprint density at radius 1 is 1.18 bits per heavy atom. The van der Waals surface area contributed by atoms with Gasteiger partial charge in [0, 0.05) is 17.0 Å². The minimum absolute atomic E-state index is 0.0486. The van der Waals surface area contributed by atoms with E-state index >= 15 is 0 Å². The van der Waals surface area contributed by atoms with Crippen LogP contribution in [-0.4, -0.2) is 35.6 Å². The molecule has 0 radical (unpaired) electrons. The van der Waals surface area contributed by atoms with Crippen LogP contribution in [0.5, 0.6) is 0 Å². The van der Waals surface area contributed by atoms with Gasteiger partial charge in [-0.15, -0.1) is 11.3 Å². The average molecular weight is 499 g/mol. The van der Waals surface area contributed by atoms with E-state index in [1.54, 1.807) is 0 Å². The second-order valence-electron chi connectivity index (χ2n) is 7.84.